The van der Waals surface area contributed by atoms with Gasteiger partial charge in [0.25, 0.3) is 0 Å². The molecule has 5 heteroatoms. The van der Waals surface area contributed by atoms with E-state index < -0.39 is 11.9 Å². The third kappa shape index (κ3) is 1.96. The van der Waals surface area contributed by atoms with Crippen molar-refractivity contribution in [3.63, 3.8) is 0 Å². The first-order valence-corrected chi connectivity index (χ1v) is 5.18. The van der Waals surface area contributed by atoms with Crippen LogP contribution in [0.15, 0.2) is 12.1 Å². The molecule has 0 aromatic heterocycles. The Morgan fingerprint density at radius 1 is 1.38 bits per heavy atom. The van der Waals surface area contributed by atoms with E-state index in [1.54, 1.807) is 6.07 Å². The monoisotopic (exact) mass is 227 g/mol. The molecule has 1 aliphatic heterocycles. The number of nitrogens with two attached hydrogens (primary N) is 1. The number of benzene rings is 1. The van der Waals surface area contributed by atoms with Gasteiger partial charge in [0.2, 0.25) is 0 Å². The number of hydrogen-bond acceptors (Lipinski definition) is 4. The summed E-state index contributed by atoms with van der Waals surface area (Å²) >= 11 is 0. The van der Waals surface area contributed by atoms with Crippen molar-refractivity contribution >= 4 is 0 Å². The maximum absolute atomic E-state index is 14.0. The molecule has 1 aromatic rings. The molecule has 0 radical (unpaired) electrons. The number of aliphatic hydroxyl groups is 1. The fourth-order valence-electron chi connectivity index (χ4n) is 1.60. The summed E-state index contributed by atoms with van der Waals surface area (Å²) in [6.45, 7) is 0.621. The van der Waals surface area contributed by atoms with Crippen molar-refractivity contribution in [1.82, 2.24) is 0 Å². The first-order chi connectivity index (χ1) is 7.74. The zero-order valence-electron chi connectivity index (χ0n) is 8.78. The highest BCUT2D eigenvalue weighted by Gasteiger charge is 2.21. The van der Waals surface area contributed by atoms with Gasteiger partial charge in [0, 0.05) is 12.0 Å². The summed E-state index contributed by atoms with van der Waals surface area (Å²) in [4.78, 5) is 0. The molecule has 0 saturated heterocycles. The van der Waals surface area contributed by atoms with E-state index in [-0.39, 0.29) is 17.9 Å². The predicted octanol–water partition coefficient (Wildman–Crippen LogP) is 0.979. The minimum Gasteiger partial charge on any atom is -0.489 e. The van der Waals surface area contributed by atoms with Gasteiger partial charge in [-0.15, -0.1) is 0 Å². The van der Waals surface area contributed by atoms with Crippen molar-refractivity contribution in [2.24, 2.45) is 5.73 Å². The summed E-state index contributed by atoms with van der Waals surface area (Å²) in [5.74, 6) is -0.0521. The molecule has 1 aromatic carbocycles. The van der Waals surface area contributed by atoms with Crippen molar-refractivity contribution in [2.45, 2.75) is 12.5 Å². The fourth-order valence-corrected chi connectivity index (χ4v) is 1.60. The highest BCUT2D eigenvalue weighted by Crippen LogP contribution is 2.35. The number of halogens is 1. The normalized spacial score (nSPS) is 16.7. The lowest BCUT2D eigenvalue weighted by molar-refractivity contribution is 0.262. The van der Waals surface area contributed by atoms with Gasteiger partial charge in [-0.1, -0.05) is 6.07 Å². The first-order valence-electron chi connectivity index (χ1n) is 5.18. The number of fused-ring (bicyclic) bond motifs is 1. The molecule has 3 N–H and O–H groups in total. The van der Waals surface area contributed by atoms with E-state index in [0.29, 0.717) is 19.0 Å². The molecule has 0 bridgehead atoms. The zero-order chi connectivity index (χ0) is 11.5. The molecule has 1 aliphatic rings. The van der Waals surface area contributed by atoms with E-state index in [0.717, 1.165) is 6.42 Å². The summed E-state index contributed by atoms with van der Waals surface area (Å²) < 4.78 is 24.6. The number of ether oxygens (including phenoxy) is 2. The lowest BCUT2D eigenvalue weighted by atomic mass is 10.1. The van der Waals surface area contributed by atoms with Crippen molar-refractivity contribution < 1.29 is 19.0 Å². The molecule has 0 saturated carbocycles. The fraction of sp³-hybridized carbons (Fsp3) is 0.455. The minimum absolute atomic E-state index is 0.0962. The van der Waals surface area contributed by atoms with Gasteiger partial charge < -0.3 is 20.3 Å². The predicted molar refractivity (Wildman–Crippen MR) is 56.0 cm³/mol. The van der Waals surface area contributed by atoms with E-state index in [9.17, 15) is 4.39 Å². The van der Waals surface area contributed by atoms with Gasteiger partial charge in [0.15, 0.2) is 17.3 Å². The Morgan fingerprint density at radius 3 is 2.88 bits per heavy atom. The smallest absolute Gasteiger partial charge is 0.197 e. The van der Waals surface area contributed by atoms with Crippen LogP contribution in [0.1, 0.15) is 18.0 Å². The van der Waals surface area contributed by atoms with Gasteiger partial charge >= 0.3 is 0 Å². The van der Waals surface area contributed by atoms with Crippen LogP contribution in [0.25, 0.3) is 0 Å². The van der Waals surface area contributed by atoms with Crippen LogP contribution >= 0.6 is 0 Å². The van der Waals surface area contributed by atoms with Crippen LogP contribution in [-0.4, -0.2) is 24.9 Å². The molecule has 0 fully saturated rings. The van der Waals surface area contributed by atoms with Gasteiger partial charge in [0.05, 0.1) is 25.9 Å². The summed E-state index contributed by atoms with van der Waals surface area (Å²) in [7, 11) is 0. The highest BCUT2D eigenvalue weighted by atomic mass is 19.1. The highest BCUT2D eigenvalue weighted by molar-refractivity contribution is 5.45. The van der Waals surface area contributed by atoms with Gasteiger partial charge in [-0.25, -0.2) is 4.39 Å². The number of rotatable bonds is 2. The molecule has 1 atom stereocenters. The second kappa shape index (κ2) is 4.67. The quantitative estimate of drug-likeness (QED) is 0.790. The molecule has 1 heterocycles. The summed E-state index contributed by atoms with van der Waals surface area (Å²) in [6, 6.07) is 2.40. The molecule has 0 aliphatic carbocycles. The van der Waals surface area contributed by atoms with Crippen molar-refractivity contribution in [2.75, 3.05) is 19.8 Å². The van der Waals surface area contributed by atoms with E-state index >= 15 is 0 Å². The molecule has 4 nitrogen and oxygen atoms in total. The molecule has 88 valence electrons. The van der Waals surface area contributed by atoms with Crippen LogP contribution in [0.2, 0.25) is 0 Å². The van der Waals surface area contributed by atoms with Gasteiger partial charge in [0.1, 0.15) is 0 Å². The Hall–Kier alpha value is -1.33. The third-order valence-electron chi connectivity index (χ3n) is 2.48. The van der Waals surface area contributed by atoms with Gasteiger partial charge in [-0.2, -0.15) is 0 Å². The summed E-state index contributed by atoms with van der Waals surface area (Å²) in [6.07, 6.45) is 0.718. The Morgan fingerprint density at radius 2 is 2.12 bits per heavy atom. The average Bonchev–Trinajstić information content (AvgIpc) is 2.54. The zero-order valence-corrected chi connectivity index (χ0v) is 8.78. The van der Waals surface area contributed by atoms with Gasteiger partial charge in [-0.05, 0) is 6.07 Å². The SMILES string of the molecule is NC(CO)c1ccc2c(c1F)OCCCO2. The van der Waals surface area contributed by atoms with Crippen molar-refractivity contribution in [1.29, 1.82) is 0 Å². The Labute approximate surface area is 92.8 Å². The lowest BCUT2D eigenvalue weighted by Gasteiger charge is -2.14. The summed E-state index contributed by atoms with van der Waals surface area (Å²) in [5.41, 5.74) is 5.82. The molecule has 0 amide bonds. The second-order valence-corrected chi connectivity index (χ2v) is 3.64. The lowest BCUT2D eigenvalue weighted by Crippen LogP contribution is -2.16. The van der Waals surface area contributed by atoms with E-state index in [1.165, 1.54) is 6.07 Å². The number of aliphatic hydroxyl groups excluding tert-OH is 1. The largest absolute Gasteiger partial charge is 0.489 e. The maximum Gasteiger partial charge on any atom is 0.197 e. The Bertz CT molecular complexity index is 384. The average molecular weight is 227 g/mol. The maximum atomic E-state index is 14.0. The van der Waals surface area contributed by atoms with Crippen molar-refractivity contribution in [3.05, 3.63) is 23.5 Å². The van der Waals surface area contributed by atoms with E-state index in [2.05, 4.69) is 0 Å². The molecular weight excluding hydrogens is 213 g/mol. The van der Waals surface area contributed by atoms with Crippen LogP contribution < -0.4 is 15.2 Å². The third-order valence-corrected chi connectivity index (χ3v) is 2.48. The molecular formula is C11H14FNO3. The van der Waals surface area contributed by atoms with Crippen LogP contribution in [0.5, 0.6) is 11.5 Å². The second-order valence-electron chi connectivity index (χ2n) is 3.64. The Balaban J connectivity index is 2.41. The van der Waals surface area contributed by atoms with Crippen LogP contribution in [0, 0.1) is 5.82 Å². The number of hydrogen-bond donors (Lipinski definition) is 2. The van der Waals surface area contributed by atoms with Crippen LogP contribution in [0.3, 0.4) is 0 Å². The standard InChI is InChI=1S/C11H14FNO3/c12-10-7(8(13)6-14)2-3-9-11(10)16-5-1-4-15-9/h2-3,8,14H,1,4-6,13H2. The Kier molecular flexibility index (Phi) is 3.26. The van der Waals surface area contributed by atoms with Crippen LogP contribution in [0.4, 0.5) is 4.39 Å². The van der Waals surface area contributed by atoms with Crippen LogP contribution in [-0.2, 0) is 0 Å². The molecule has 2 rings (SSSR count). The summed E-state index contributed by atoms with van der Waals surface area (Å²) in [5, 5.41) is 8.91. The molecule has 16 heavy (non-hydrogen) atoms. The molecule has 1 unspecified atom stereocenters. The van der Waals surface area contributed by atoms with E-state index in [4.69, 9.17) is 20.3 Å². The van der Waals surface area contributed by atoms with Gasteiger partial charge in [-0.3, -0.25) is 0 Å². The topological polar surface area (TPSA) is 64.7 Å². The van der Waals surface area contributed by atoms with E-state index in [1.807, 2.05) is 0 Å². The molecule has 0 spiro atoms. The minimum atomic E-state index is -0.739. The first kappa shape index (κ1) is 11.2. The van der Waals surface area contributed by atoms with Crippen molar-refractivity contribution in [3.8, 4) is 11.5 Å².